The minimum absolute atomic E-state index is 0.0521. The standard InChI is InChI=1S/C18H16N6O2/c19-10-17(21-18(25)11-24-13-20-22-23-24)15-6-8-16(9-7-15)26-12-14-4-2-1-3-5-14/h1-9,13,17H,11-12H2,(H,21,25)/t17-/m1/s1. The van der Waals surface area contributed by atoms with Gasteiger partial charge in [0.15, 0.2) is 0 Å². The van der Waals surface area contributed by atoms with Gasteiger partial charge in [-0.05, 0) is 33.7 Å². The quantitative estimate of drug-likeness (QED) is 0.696. The third kappa shape index (κ3) is 4.64. The third-order valence-electron chi connectivity index (χ3n) is 3.59. The summed E-state index contributed by atoms with van der Waals surface area (Å²) < 4.78 is 7.00. The lowest BCUT2D eigenvalue weighted by atomic mass is 10.1. The van der Waals surface area contributed by atoms with Crippen LogP contribution in [0.15, 0.2) is 60.9 Å². The SMILES string of the molecule is N#C[C@@H](NC(=O)Cn1cnnn1)c1ccc(OCc2ccccc2)cc1. The van der Waals surface area contributed by atoms with Crippen LogP contribution in [0.5, 0.6) is 5.75 Å². The molecule has 0 saturated heterocycles. The number of ether oxygens (including phenoxy) is 1. The van der Waals surface area contributed by atoms with E-state index in [0.717, 1.165) is 5.56 Å². The number of rotatable bonds is 7. The molecule has 3 rings (SSSR count). The molecule has 1 N–H and O–H groups in total. The number of nitrogens with one attached hydrogen (secondary N) is 1. The van der Waals surface area contributed by atoms with Gasteiger partial charge in [-0.2, -0.15) is 5.26 Å². The minimum Gasteiger partial charge on any atom is -0.489 e. The summed E-state index contributed by atoms with van der Waals surface area (Å²) in [6, 6.07) is 18.2. The summed E-state index contributed by atoms with van der Waals surface area (Å²) in [5.41, 5.74) is 1.74. The van der Waals surface area contributed by atoms with Crippen LogP contribution in [-0.2, 0) is 17.9 Å². The number of nitriles is 1. The van der Waals surface area contributed by atoms with Crippen molar-refractivity contribution < 1.29 is 9.53 Å². The highest BCUT2D eigenvalue weighted by atomic mass is 16.5. The van der Waals surface area contributed by atoms with Crippen molar-refractivity contribution in [2.75, 3.05) is 0 Å². The number of carbonyl (C=O) groups excluding carboxylic acids is 1. The molecule has 1 amide bonds. The molecule has 3 aromatic rings. The van der Waals surface area contributed by atoms with Crippen LogP contribution in [0.2, 0.25) is 0 Å². The zero-order valence-corrected chi connectivity index (χ0v) is 13.8. The molecule has 26 heavy (non-hydrogen) atoms. The van der Waals surface area contributed by atoms with Gasteiger partial charge in [0.2, 0.25) is 5.91 Å². The average Bonchev–Trinajstić information content (AvgIpc) is 3.19. The molecular formula is C18H16N6O2. The van der Waals surface area contributed by atoms with Crippen LogP contribution in [0, 0.1) is 11.3 Å². The summed E-state index contributed by atoms with van der Waals surface area (Å²) >= 11 is 0. The Balaban J connectivity index is 1.57. The van der Waals surface area contributed by atoms with Gasteiger partial charge < -0.3 is 10.1 Å². The second-order valence-corrected chi connectivity index (χ2v) is 5.48. The Kier molecular flexibility index (Phi) is 5.52. The van der Waals surface area contributed by atoms with E-state index in [9.17, 15) is 10.1 Å². The zero-order valence-electron chi connectivity index (χ0n) is 13.8. The number of nitrogens with zero attached hydrogens (tertiary/aromatic N) is 5. The van der Waals surface area contributed by atoms with Crippen molar-refractivity contribution in [1.82, 2.24) is 25.5 Å². The number of hydrogen-bond acceptors (Lipinski definition) is 6. The molecule has 0 aliphatic carbocycles. The fourth-order valence-electron chi connectivity index (χ4n) is 2.29. The van der Waals surface area contributed by atoms with Crippen molar-refractivity contribution in [3.05, 3.63) is 72.1 Å². The first-order chi connectivity index (χ1) is 12.7. The van der Waals surface area contributed by atoms with Gasteiger partial charge >= 0.3 is 0 Å². The maximum absolute atomic E-state index is 12.0. The first-order valence-corrected chi connectivity index (χ1v) is 7.91. The van der Waals surface area contributed by atoms with Crippen molar-refractivity contribution in [2.45, 2.75) is 19.2 Å². The number of hydrogen-bond donors (Lipinski definition) is 1. The van der Waals surface area contributed by atoms with E-state index >= 15 is 0 Å². The van der Waals surface area contributed by atoms with Gasteiger partial charge in [-0.25, -0.2) is 4.68 Å². The van der Waals surface area contributed by atoms with E-state index in [-0.39, 0.29) is 12.5 Å². The Morgan fingerprint density at radius 3 is 2.62 bits per heavy atom. The summed E-state index contributed by atoms with van der Waals surface area (Å²) in [6.07, 6.45) is 1.33. The van der Waals surface area contributed by atoms with E-state index in [1.54, 1.807) is 24.3 Å². The molecule has 8 heteroatoms. The summed E-state index contributed by atoms with van der Waals surface area (Å²) in [5.74, 6) is 0.336. The lowest BCUT2D eigenvalue weighted by Gasteiger charge is -2.13. The minimum atomic E-state index is -0.762. The second-order valence-electron chi connectivity index (χ2n) is 5.48. The predicted molar refractivity (Wildman–Crippen MR) is 91.5 cm³/mol. The van der Waals surface area contributed by atoms with Gasteiger partial charge in [0.05, 0.1) is 6.07 Å². The average molecular weight is 348 g/mol. The molecule has 0 radical (unpaired) electrons. The number of tetrazole rings is 1. The van der Waals surface area contributed by atoms with Crippen LogP contribution in [-0.4, -0.2) is 26.1 Å². The van der Waals surface area contributed by atoms with E-state index < -0.39 is 6.04 Å². The Hall–Kier alpha value is -3.73. The van der Waals surface area contributed by atoms with E-state index in [4.69, 9.17) is 4.74 Å². The molecule has 0 spiro atoms. The van der Waals surface area contributed by atoms with Crippen molar-refractivity contribution in [1.29, 1.82) is 5.26 Å². The number of benzene rings is 2. The fourth-order valence-corrected chi connectivity index (χ4v) is 2.29. The van der Waals surface area contributed by atoms with Gasteiger partial charge in [-0.3, -0.25) is 4.79 Å². The summed E-state index contributed by atoms with van der Waals surface area (Å²) in [6.45, 7) is 0.411. The number of aromatic nitrogens is 4. The molecule has 0 saturated carbocycles. The molecule has 1 aromatic heterocycles. The van der Waals surface area contributed by atoms with Crippen LogP contribution in [0.3, 0.4) is 0 Å². The van der Waals surface area contributed by atoms with Gasteiger partial charge in [0.1, 0.15) is 31.3 Å². The lowest BCUT2D eigenvalue weighted by molar-refractivity contribution is -0.122. The van der Waals surface area contributed by atoms with Crippen LogP contribution in [0.4, 0.5) is 0 Å². The molecule has 130 valence electrons. The van der Waals surface area contributed by atoms with Crippen molar-refractivity contribution >= 4 is 5.91 Å². The zero-order chi connectivity index (χ0) is 18.2. The van der Waals surface area contributed by atoms with E-state index in [0.29, 0.717) is 17.9 Å². The summed E-state index contributed by atoms with van der Waals surface area (Å²) in [4.78, 5) is 12.0. The molecular weight excluding hydrogens is 332 g/mol. The summed E-state index contributed by atoms with van der Waals surface area (Å²) in [5, 5.41) is 22.5. The normalized spacial score (nSPS) is 11.3. The molecule has 0 fully saturated rings. The van der Waals surface area contributed by atoms with E-state index in [1.165, 1.54) is 11.0 Å². The Morgan fingerprint density at radius 1 is 1.19 bits per heavy atom. The molecule has 2 aromatic carbocycles. The first kappa shape index (κ1) is 17.1. The maximum Gasteiger partial charge on any atom is 0.243 e. The van der Waals surface area contributed by atoms with Crippen LogP contribution in [0.25, 0.3) is 0 Å². The Bertz CT molecular complexity index is 872. The van der Waals surface area contributed by atoms with Gasteiger partial charge in [-0.15, -0.1) is 5.10 Å². The maximum atomic E-state index is 12.0. The van der Waals surface area contributed by atoms with Gasteiger partial charge in [0.25, 0.3) is 0 Å². The molecule has 0 bridgehead atoms. The van der Waals surface area contributed by atoms with Crippen LogP contribution < -0.4 is 10.1 Å². The van der Waals surface area contributed by atoms with Crippen LogP contribution in [0.1, 0.15) is 17.2 Å². The van der Waals surface area contributed by atoms with E-state index in [1.807, 2.05) is 30.3 Å². The molecule has 0 aliphatic rings. The highest BCUT2D eigenvalue weighted by Gasteiger charge is 2.14. The van der Waals surface area contributed by atoms with Crippen molar-refractivity contribution in [3.8, 4) is 11.8 Å². The van der Waals surface area contributed by atoms with E-state index in [2.05, 4.69) is 26.9 Å². The van der Waals surface area contributed by atoms with Crippen molar-refractivity contribution in [3.63, 3.8) is 0 Å². The topological polar surface area (TPSA) is 106 Å². The second kappa shape index (κ2) is 8.39. The molecule has 0 unspecified atom stereocenters. The number of carbonyl (C=O) groups is 1. The lowest BCUT2D eigenvalue weighted by Crippen LogP contribution is -2.31. The smallest absolute Gasteiger partial charge is 0.243 e. The largest absolute Gasteiger partial charge is 0.489 e. The monoisotopic (exact) mass is 348 g/mol. The number of amides is 1. The molecule has 1 atom stereocenters. The van der Waals surface area contributed by atoms with Gasteiger partial charge in [-0.1, -0.05) is 42.5 Å². The summed E-state index contributed by atoms with van der Waals surface area (Å²) in [7, 11) is 0. The fraction of sp³-hybridized carbons (Fsp3) is 0.167. The predicted octanol–water partition coefficient (Wildman–Crippen LogP) is 1.63. The highest BCUT2D eigenvalue weighted by molar-refractivity contribution is 5.76. The first-order valence-electron chi connectivity index (χ1n) is 7.91. The van der Waals surface area contributed by atoms with Crippen LogP contribution >= 0.6 is 0 Å². The molecule has 8 nitrogen and oxygen atoms in total. The molecule has 0 aliphatic heterocycles. The Morgan fingerprint density at radius 2 is 1.96 bits per heavy atom. The van der Waals surface area contributed by atoms with Crippen molar-refractivity contribution in [2.24, 2.45) is 0 Å². The highest BCUT2D eigenvalue weighted by Crippen LogP contribution is 2.18. The van der Waals surface area contributed by atoms with Gasteiger partial charge in [0, 0.05) is 0 Å². The molecule has 1 heterocycles. The third-order valence-corrected chi connectivity index (χ3v) is 3.59. The Labute approximate surface area is 150 Å².